The van der Waals surface area contributed by atoms with Crippen LogP contribution in [0.4, 0.5) is 0 Å². The van der Waals surface area contributed by atoms with Crippen LogP contribution in [0.25, 0.3) is 0 Å². The number of hydrogen-bond acceptors (Lipinski definition) is 3. The molecule has 2 N–H and O–H groups in total. The number of rotatable bonds is 3. The highest BCUT2D eigenvalue weighted by Gasteiger charge is 2.11. The summed E-state index contributed by atoms with van der Waals surface area (Å²) in [5.74, 6) is 2.41. The van der Waals surface area contributed by atoms with E-state index >= 15 is 0 Å². The Morgan fingerprint density at radius 2 is 2.27 bits per heavy atom. The minimum absolute atomic E-state index is 0.351. The minimum Gasteiger partial charge on any atom is -0.317 e. The summed E-state index contributed by atoms with van der Waals surface area (Å²) in [6, 6.07) is 0.476. The summed E-state index contributed by atoms with van der Waals surface area (Å²) in [6.07, 6.45) is 7.25. The molecule has 0 atom stereocenters. The Morgan fingerprint density at radius 1 is 1.55 bits per heavy atom. The van der Waals surface area contributed by atoms with Crippen LogP contribution in [0.2, 0.25) is 0 Å². The van der Waals surface area contributed by atoms with Gasteiger partial charge in [-0.25, -0.2) is 0 Å². The maximum Gasteiger partial charge on any atom is 0.128 e. The topological polar surface area (TPSA) is 33.3 Å². The zero-order chi connectivity index (χ0) is 7.94. The molecule has 1 aliphatic heterocycles. The lowest BCUT2D eigenvalue weighted by Crippen LogP contribution is -2.39. The Labute approximate surface area is 67.5 Å². The Balaban J connectivity index is 2.01. The van der Waals surface area contributed by atoms with E-state index in [0.717, 1.165) is 25.9 Å². The van der Waals surface area contributed by atoms with Crippen molar-refractivity contribution in [1.82, 2.24) is 10.8 Å². The second-order valence-corrected chi connectivity index (χ2v) is 2.63. The molecule has 3 heteroatoms. The van der Waals surface area contributed by atoms with Crippen molar-refractivity contribution in [2.75, 3.05) is 19.7 Å². The van der Waals surface area contributed by atoms with E-state index in [0.29, 0.717) is 12.6 Å². The largest absolute Gasteiger partial charge is 0.317 e. The molecule has 0 aromatic heterocycles. The standard InChI is InChI=1S/C8H14N2O/c1-2-7-11-10-8-3-5-9-6-4-8/h1,8-10H,3-7H2. The molecule has 11 heavy (non-hydrogen) atoms. The van der Waals surface area contributed by atoms with Crippen LogP contribution >= 0.6 is 0 Å². The summed E-state index contributed by atoms with van der Waals surface area (Å²) < 4.78 is 0. The molecule has 0 aromatic rings. The van der Waals surface area contributed by atoms with Crippen molar-refractivity contribution in [2.45, 2.75) is 18.9 Å². The summed E-state index contributed by atoms with van der Waals surface area (Å²) >= 11 is 0. The third-order valence-corrected chi connectivity index (χ3v) is 1.74. The third-order valence-electron chi connectivity index (χ3n) is 1.74. The molecule has 1 rings (SSSR count). The summed E-state index contributed by atoms with van der Waals surface area (Å²) in [5.41, 5.74) is 2.94. The third kappa shape index (κ3) is 3.38. The number of terminal acetylenes is 1. The highest BCUT2D eigenvalue weighted by Crippen LogP contribution is 2.00. The van der Waals surface area contributed by atoms with Gasteiger partial charge in [0.05, 0.1) is 0 Å². The van der Waals surface area contributed by atoms with Crippen molar-refractivity contribution in [3.63, 3.8) is 0 Å². The number of hydroxylamine groups is 1. The molecular formula is C8H14N2O. The van der Waals surface area contributed by atoms with Gasteiger partial charge in [0.2, 0.25) is 0 Å². The van der Waals surface area contributed by atoms with E-state index in [4.69, 9.17) is 11.3 Å². The van der Waals surface area contributed by atoms with Gasteiger partial charge < -0.3 is 5.32 Å². The molecule has 0 bridgehead atoms. The zero-order valence-corrected chi connectivity index (χ0v) is 6.60. The smallest absolute Gasteiger partial charge is 0.128 e. The Morgan fingerprint density at radius 3 is 2.91 bits per heavy atom. The second-order valence-electron chi connectivity index (χ2n) is 2.63. The number of hydrogen-bond donors (Lipinski definition) is 2. The molecule has 0 radical (unpaired) electrons. The van der Waals surface area contributed by atoms with Crippen molar-refractivity contribution in [3.05, 3.63) is 0 Å². The van der Waals surface area contributed by atoms with Crippen LogP contribution in [0.3, 0.4) is 0 Å². The Bertz CT molecular complexity index is 136. The van der Waals surface area contributed by atoms with Crippen molar-refractivity contribution in [2.24, 2.45) is 0 Å². The minimum atomic E-state index is 0.351. The van der Waals surface area contributed by atoms with Gasteiger partial charge in [0.1, 0.15) is 6.61 Å². The molecule has 1 fully saturated rings. The molecule has 0 saturated carbocycles. The molecule has 1 aliphatic rings. The summed E-state index contributed by atoms with van der Waals surface area (Å²) in [5, 5.41) is 3.27. The van der Waals surface area contributed by atoms with Gasteiger partial charge >= 0.3 is 0 Å². The van der Waals surface area contributed by atoms with Crippen LogP contribution in [0.15, 0.2) is 0 Å². The fraction of sp³-hybridized carbons (Fsp3) is 0.750. The monoisotopic (exact) mass is 154 g/mol. The van der Waals surface area contributed by atoms with Crippen LogP contribution in [0.5, 0.6) is 0 Å². The van der Waals surface area contributed by atoms with Crippen LogP contribution in [-0.4, -0.2) is 25.7 Å². The van der Waals surface area contributed by atoms with Gasteiger partial charge in [0.25, 0.3) is 0 Å². The first-order valence-electron chi connectivity index (χ1n) is 3.95. The van der Waals surface area contributed by atoms with Crippen LogP contribution in [0, 0.1) is 12.3 Å². The van der Waals surface area contributed by atoms with E-state index in [1.165, 1.54) is 0 Å². The van der Waals surface area contributed by atoms with Gasteiger partial charge in [-0.15, -0.1) is 6.42 Å². The fourth-order valence-electron chi connectivity index (χ4n) is 1.14. The SMILES string of the molecule is C#CCONC1CCNCC1. The molecule has 1 heterocycles. The van der Waals surface area contributed by atoms with Gasteiger partial charge in [-0.05, 0) is 25.9 Å². The van der Waals surface area contributed by atoms with E-state index in [-0.39, 0.29) is 0 Å². The first kappa shape index (κ1) is 8.54. The summed E-state index contributed by atoms with van der Waals surface area (Å²) in [7, 11) is 0. The lowest BCUT2D eigenvalue weighted by molar-refractivity contribution is 0.0299. The average Bonchev–Trinajstić information content (AvgIpc) is 2.07. The van der Waals surface area contributed by atoms with Crippen molar-refractivity contribution in [1.29, 1.82) is 0 Å². The Kier molecular flexibility index (Phi) is 3.99. The molecule has 0 aromatic carbocycles. The van der Waals surface area contributed by atoms with E-state index in [2.05, 4.69) is 16.7 Å². The zero-order valence-electron chi connectivity index (χ0n) is 6.60. The van der Waals surface area contributed by atoms with Crippen LogP contribution in [0.1, 0.15) is 12.8 Å². The lowest BCUT2D eigenvalue weighted by Gasteiger charge is -2.22. The molecule has 0 amide bonds. The van der Waals surface area contributed by atoms with Gasteiger partial charge in [0.15, 0.2) is 0 Å². The summed E-state index contributed by atoms with van der Waals surface area (Å²) in [6.45, 7) is 2.48. The second kappa shape index (κ2) is 5.14. The molecular weight excluding hydrogens is 140 g/mol. The van der Waals surface area contributed by atoms with Gasteiger partial charge in [0, 0.05) is 6.04 Å². The fourth-order valence-corrected chi connectivity index (χ4v) is 1.14. The quantitative estimate of drug-likeness (QED) is 0.338. The molecule has 3 nitrogen and oxygen atoms in total. The van der Waals surface area contributed by atoms with E-state index in [1.54, 1.807) is 0 Å². The predicted molar refractivity (Wildman–Crippen MR) is 43.8 cm³/mol. The van der Waals surface area contributed by atoms with Crippen molar-refractivity contribution in [3.8, 4) is 12.3 Å². The first-order chi connectivity index (χ1) is 5.43. The van der Waals surface area contributed by atoms with Crippen molar-refractivity contribution >= 4 is 0 Å². The van der Waals surface area contributed by atoms with Crippen LogP contribution in [-0.2, 0) is 4.84 Å². The molecule has 0 unspecified atom stereocenters. The molecule has 1 saturated heterocycles. The molecule has 0 spiro atoms. The van der Waals surface area contributed by atoms with E-state index < -0.39 is 0 Å². The first-order valence-corrected chi connectivity index (χ1v) is 3.95. The highest BCUT2D eigenvalue weighted by atomic mass is 16.6. The normalized spacial score (nSPS) is 19.5. The molecule has 0 aliphatic carbocycles. The van der Waals surface area contributed by atoms with E-state index in [9.17, 15) is 0 Å². The number of piperidine rings is 1. The Hall–Kier alpha value is -0.560. The average molecular weight is 154 g/mol. The molecule has 62 valence electrons. The number of nitrogens with one attached hydrogen (secondary N) is 2. The van der Waals surface area contributed by atoms with E-state index in [1.807, 2.05) is 0 Å². The maximum absolute atomic E-state index is 5.02. The van der Waals surface area contributed by atoms with Gasteiger partial charge in [-0.3, -0.25) is 4.84 Å². The predicted octanol–water partition coefficient (Wildman–Crippen LogP) is -0.107. The van der Waals surface area contributed by atoms with Crippen molar-refractivity contribution < 1.29 is 4.84 Å². The van der Waals surface area contributed by atoms with Gasteiger partial charge in [-0.2, -0.15) is 5.48 Å². The lowest BCUT2D eigenvalue weighted by atomic mass is 10.1. The maximum atomic E-state index is 5.02. The highest BCUT2D eigenvalue weighted by molar-refractivity contribution is 4.82. The van der Waals surface area contributed by atoms with Crippen LogP contribution < -0.4 is 10.8 Å². The summed E-state index contributed by atoms with van der Waals surface area (Å²) in [4.78, 5) is 5.01. The van der Waals surface area contributed by atoms with Gasteiger partial charge in [-0.1, -0.05) is 5.92 Å².